The largest absolute Gasteiger partial charge is 0.301 e. The maximum atomic E-state index is 11.7. The lowest BCUT2D eigenvalue weighted by Crippen LogP contribution is -2.24. The molecule has 8 nitrogen and oxygen atoms in total. The molecular formula is C23H26N6O2S. The topological polar surface area (TPSA) is 85.4 Å². The van der Waals surface area contributed by atoms with Crippen LogP contribution in [-0.4, -0.2) is 63.6 Å². The molecule has 0 bridgehead atoms. The molecule has 1 aliphatic rings. The Morgan fingerprint density at radius 2 is 1.81 bits per heavy atom. The number of hydrogen-bond donors (Lipinski definition) is 0. The lowest BCUT2D eigenvalue weighted by molar-refractivity contribution is 0.315. The second kappa shape index (κ2) is 8.48. The molecule has 0 amide bonds. The SMILES string of the molecule is CS(=O)(=O)c1ccc(-c2cccn3nc(Cc4cnn(CCN5CCCC5)c4)nc23)cc1. The summed E-state index contributed by atoms with van der Waals surface area (Å²) in [5, 5.41) is 9.13. The quantitative estimate of drug-likeness (QED) is 0.430. The van der Waals surface area contributed by atoms with Gasteiger partial charge in [0.25, 0.3) is 0 Å². The Hall–Kier alpha value is -3.04. The van der Waals surface area contributed by atoms with Crippen molar-refractivity contribution in [3.05, 3.63) is 66.4 Å². The van der Waals surface area contributed by atoms with Crippen LogP contribution in [0.25, 0.3) is 16.8 Å². The van der Waals surface area contributed by atoms with Crippen LogP contribution in [0.3, 0.4) is 0 Å². The number of aromatic nitrogens is 5. The third-order valence-electron chi connectivity index (χ3n) is 5.89. The number of nitrogens with zero attached hydrogens (tertiary/aromatic N) is 6. The van der Waals surface area contributed by atoms with E-state index in [4.69, 9.17) is 4.98 Å². The molecule has 0 spiro atoms. The van der Waals surface area contributed by atoms with Crippen molar-refractivity contribution in [2.45, 2.75) is 30.7 Å². The molecule has 9 heteroatoms. The summed E-state index contributed by atoms with van der Waals surface area (Å²) in [6, 6.07) is 10.8. The van der Waals surface area contributed by atoms with Crippen LogP contribution in [0.4, 0.5) is 0 Å². The molecule has 0 aliphatic carbocycles. The van der Waals surface area contributed by atoms with Gasteiger partial charge in [-0.1, -0.05) is 12.1 Å². The second-order valence-corrected chi connectivity index (χ2v) is 10.4. The normalized spacial score (nSPS) is 15.0. The Morgan fingerprint density at radius 3 is 2.56 bits per heavy atom. The summed E-state index contributed by atoms with van der Waals surface area (Å²) in [7, 11) is -3.23. The summed E-state index contributed by atoms with van der Waals surface area (Å²) in [5.74, 6) is 0.726. The van der Waals surface area contributed by atoms with Crippen LogP contribution in [0.5, 0.6) is 0 Å². The summed E-state index contributed by atoms with van der Waals surface area (Å²) in [4.78, 5) is 7.55. The summed E-state index contributed by atoms with van der Waals surface area (Å²) in [5.41, 5.74) is 3.64. The van der Waals surface area contributed by atoms with E-state index in [1.165, 1.54) is 32.2 Å². The standard InChI is InChI=1S/C23H26N6O2S/c1-32(30,31)20-8-6-19(7-9-20)21-5-4-12-29-23(21)25-22(26-29)15-18-16-24-28(17-18)14-13-27-10-2-3-11-27/h4-9,12,16-17H,2-3,10-11,13-15H2,1H3. The molecule has 5 rings (SSSR count). The monoisotopic (exact) mass is 450 g/mol. The van der Waals surface area contributed by atoms with Crippen molar-refractivity contribution < 1.29 is 8.42 Å². The van der Waals surface area contributed by atoms with Crippen LogP contribution in [0.1, 0.15) is 24.2 Å². The van der Waals surface area contributed by atoms with Gasteiger partial charge in [-0.2, -0.15) is 10.2 Å². The van der Waals surface area contributed by atoms with E-state index in [0.29, 0.717) is 11.3 Å². The molecule has 3 aromatic heterocycles. The highest BCUT2D eigenvalue weighted by molar-refractivity contribution is 7.90. The number of benzene rings is 1. The van der Waals surface area contributed by atoms with Gasteiger partial charge >= 0.3 is 0 Å². The molecule has 166 valence electrons. The van der Waals surface area contributed by atoms with Gasteiger partial charge in [-0.25, -0.2) is 17.9 Å². The van der Waals surface area contributed by atoms with Crippen molar-refractivity contribution in [3.8, 4) is 11.1 Å². The van der Waals surface area contributed by atoms with E-state index in [-0.39, 0.29) is 0 Å². The minimum Gasteiger partial charge on any atom is -0.301 e. The number of sulfone groups is 1. The molecule has 4 heterocycles. The molecule has 1 fully saturated rings. The van der Waals surface area contributed by atoms with E-state index in [2.05, 4.69) is 21.3 Å². The van der Waals surface area contributed by atoms with Crippen LogP contribution in [0, 0.1) is 0 Å². The van der Waals surface area contributed by atoms with E-state index in [1.807, 2.05) is 41.3 Å². The summed E-state index contributed by atoms with van der Waals surface area (Å²) < 4.78 is 27.3. The lowest BCUT2D eigenvalue weighted by Gasteiger charge is -2.13. The minimum absolute atomic E-state index is 0.303. The molecule has 4 aromatic rings. The molecule has 0 N–H and O–H groups in total. The molecule has 1 saturated heterocycles. The molecule has 0 radical (unpaired) electrons. The van der Waals surface area contributed by atoms with Crippen LogP contribution >= 0.6 is 0 Å². The number of likely N-dealkylation sites (tertiary alicyclic amines) is 1. The van der Waals surface area contributed by atoms with Crippen molar-refractivity contribution in [2.75, 3.05) is 25.9 Å². The maximum Gasteiger partial charge on any atom is 0.175 e. The first-order valence-corrected chi connectivity index (χ1v) is 12.7. The molecule has 0 saturated carbocycles. The minimum atomic E-state index is -3.23. The van der Waals surface area contributed by atoms with Crippen molar-refractivity contribution in [2.24, 2.45) is 0 Å². The van der Waals surface area contributed by atoms with Crippen LogP contribution in [-0.2, 0) is 22.8 Å². The first-order valence-electron chi connectivity index (χ1n) is 10.8. The summed E-state index contributed by atoms with van der Waals surface area (Å²) in [6.45, 7) is 4.32. The Morgan fingerprint density at radius 1 is 1.03 bits per heavy atom. The highest BCUT2D eigenvalue weighted by Crippen LogP contribution is 2.25. The van der Waals surface area contributed by atoms with Crippen molar-refractivity contribution >= 4 is 15.5 Å². The van der Waals surface area contributed by atoms with Crippen molar-refractivity contribution in [3.63, 3.8) is 0 Å². The molecule has 1 aliphatic heterocycles. The number of pyridine rings is 1. The Bertz CT molecular complexity index is 1330. The summed E-state index contributed by atoms with van der Waals surface area (Å²) in [6.07, 6.45) is 10.3. The highest BCUT2D eigenvalue weighted by Gasteiger charge is 2.14. The number of hydrogen-bond acceptors (Lipinski definition) is 6. The summed E-state index contributed by atoms with van der Waals surface area (Å²) >= 11 is 0. The predicted octanol–water partition coefficient (Wildman–Crippen LogP) is 2.68. The molecule has 32 heavy (non-hydrogen) atoms. The fourth-order valence-electron chi connectivity index (χ4n) is 4.18. The van der Waals surface area contributed by atoms with Crippen molar-refractivity contribution in [1.29, 1.82) is 0 Å². The zero-order valence-electron chi connectivity index (χ0n) is 18.1. The van der Waals surface area contributed by atoms with Gasteiger partial charge in [0, 0.05) is 37.2 Å². The van der Waals surface area contributed by atoms with Crippen molar-refractivity contribution in [1.82, 2.24) is 29.3 Å². The maximum absolute atomic E-state index is 11.7. The van der Waals surface area contributed by atoms with Gasteiger partial charge in [0.1, 0.15) is 0 Å². The molecule has 1 aromatic carbocycles. The van der Waals surface area contributed by atoms with Crippen LogP contribution in [0.15, 0.2) is 59.9 Å². The Kier molecular flexibility index (Phi) is 5.52. The van der Waals surface area contributed by atoms with E-state index in [0.717, 1.165) is 41.3 Å². The number of rotatable bonds is 7. The third-order valence-corrected chi connectivity index (χ3v) is 7.02. The first kappa shape index (κ1) is 20.8. The fraction of sp³-hybridized carbons (Fsp3) is 0.348. The first-order chi connectivity index (χ1) is 15.5. The van der Waals surface area contributed by atoms with Gasteiger partial charge in [0.15, 0.2) is 21.3 Å². The average molecular weight is 451 g/mol. The zero-order valence-corrected chi connectivity index (χ0v) is 18.9. The van der Waals surface area contributed by atoms with Gasteiger partial charge in [0.05, 0.1) is 17.6 Å². The number of fused-ring (bicyclic) bond motifs is 1. The van der Waals surface area contributed by atoms with E-state index in [1.54, 1.807) is 16.6 Å². The molecule has 0 atom stereocenters. The van der Waals surface area contributed by atoms with Crippen LogP contribution in [0.2, 0.25) is 0 Å². The van der Waals surface area contributed by atoms with Crippen LogP contribution < -0.4 is 0 Å². The van der Waals surface area contributed by atoms with Gasteiger partial charge in [-0.05, 0) is 61.3 Å². The van der Waals surface area contributed by atoms with Gasteiger partial charge in [-0.15, -0.1) is 0 Å². The van der Waals surface area contributed by atoms with E-state index in [9.17, 15) is 8.42 Å². The fourth-order valence-corrected chi connectivity index (χ4v) is 4.82. The predicted molar refractivity (Wildman–Crippen MR) is 122 cm³/mol. The second-order valence-electron chi connectivity index (χ2n) is 8.35. The highest BCUT2D eigenvalue weighted by atomic mass is 32.2. The van der Waals surface area contributed by atoms with E-state index < -0.39 is 9.84 Å². The Balaban J connectivity index is 1.34. The average Bonchev–Trinajstić information content (AvgIpc) is 3.52. The van der Waals surface area contributed by atoms with E-state index >= 15 is 0 Å². The lowest BCUT2D eigenvalue weighted by atomic mass is 10.1. The Labute approximate surface area is 187 Å². The zero-order chi connectivity index (χ0) is 22.1. The smallest absolute Gasteiger partial charge is 0.175 e. The molecule has 0 unspecified atom stereocenters. The van der Waals surface area contributed by atoms with Gasteiger partial charge in [-0.3, -0.25) is 4.68 Å². The molecular weight excluding hydrogens is 424 g/mol. The third kappa shape index (κ3) is 4.44. The van der Waals surface area contributed by atoms with Gasteiger partial charge < -0.3 is 4.90 Å². The van der Waals surface area contributed by atoms with Gasteiger partial charge in [0.2, 0.25) is 0 Å².